The van der Waals surface area contributed by atoms with Gasteiger partial charge in [-0.15, -0.1) is 0 Å². The van der Waals surface area contributed by atoms with Gasteiger partial charge in [0.2, 0.25) is 0 Å². The predicted molar refractivity (Wildman–Crippen MR) is 39.8 cm³/mol. The van der Waals surface area contributed by atoms with Gasteiger partial charge in [-0.3, -0.25) is 0 Å². The van der Waals surface area contributed by atoms with Gasteiger partial charge in [-0.25, -0.2) is 0 Å². The monoisotopic (exact) mass is 121 g/mol. The molecule has 0 aromatic rings. The molecular weight excluding hydrogens is 110 g/mol. The highest BCUT2D eigenvalue weighted by molar-refractivity contribution is 5.70. The molecule has 0 aromatic carbocycles. The molecule has 1 aliphatic carbocycles. The van der Waals surface area contributed by atoms with E-state index in [1.165, 1.54) is 24.6 Å². The molecule has 1 N–H and O–H groups in total. The highest BCUT2D eigenvalue weighted by atomic mass is 14.3. The number of rotatable bonds is 3. The van der Waals surface area contributed by atoms with E-state index in [2.05, 4.69) is 6.58 Å². The minimum absolute atomic E-state index is 0.726. The summed E-state index contributed by atoms with van der Waals surface area (Å²) in [4.78, 5) is 0. The molecule has 1 aliphatic rings. The summed E-state index contributed by atoms with van der Waals surface area (Å²) in [6.07, 6.45) is 7.57. The first-order chi connectivity index (χ1) is 4.38. The van der Waals surface area contributed by atoms with Crippen LogP contribution in [0.2, 0.25) is 0 Å². The van der Waals surface area contributed by atoms with Gasteiger partial charge in [-0.2, -0.15) is 0 Å². The Morgan fingerprint density at radius 3 is 2.56 bits per heavy atom. The minimum Gasteiger partial charge on any atom is -0.309 e. The molecule has 48 valence electrons. The fraction of sp³-hybridized carbons (Fsp3) is 0.375. The van der Waals surface area contributed by atoms with Crippen molar-refractivity contribution < 1.29 is 0 Å². The van der Waals surface area contributed by atoms with E-state index >= 15 is 0 Å². The van der Waals surface area contributed by atoms with Gasteiger partial charge in [0.15, 0.2) is 0 Å². The second-order valence-corrected chi connectivity index (χ2v) is 2.31. The topological polar surface area (TPSA) is 23.9 Å². The molecule has 1 nitrogen and oxygen atoms in total. The summed E-state index contributed by atoms with van der Waals surface area (Å²) in [6.45, 7) is 3.67. The summed E-state index contributed by atoms with van der Waals surface area (Å²) in [7, 11) is 0. The lowest BCUT2D eigenvalue weighted by atomic mass is 10.1. The maximum Gasteiger partial charge on any atom is 0.0180 e. The SMILES string of the molecule is C=CC(=CC=N)C1CC1. The van der Waals surface area contributed by atoms with Crippen molar-refractivity contribution in [2.24, 2.45) is 5.92 Å². The van der Waals surface area contributed by atoms with Crippen LogP contribution in [-0.4, -0.2) is 6.21 Å². The van der Waals surface area contributed by atoms with Gasteiger partial charge in [0.05, 0.1) is 0 Å². The van der Waals surface area contributed by atoms with Crippen molar-refractivity contribution in [2.75, 3.05) is 0 Å². The molecular formula is C8H11N. The van der Waals surface area contributed by atoms with Crippen molar-refractivity contribution in [3.05, 3.63) is 24.3 Å². The van der Waals surface area contributed by atoms with Crippen molar-refractivity contribution >= 4 is 6.21 Å². The van der Waals surface area contributed by atoms with Crippen LogP contribution in [0.3, 0.4) is 0 Å². The fourth-order valence-corrected chi connectivity index (χ4v) is 0.884. The van der Waals surface area contributed by atoms with Gasteiger partial charge in [0, 0.05) is 6.21 Å². The van der Waals surface area contributed by atoms with Crippen LogP contribution in [-0.2, 0) is 0 Å². The first kappa shape index (κ1) is 6.27. The van der Waals surface area contributed by atoms with E-state index < -0.39 is 0 Å². The number of allylic oxidation sites excluding steroid dienone is 3. The van der Waals surface area contributed by atoms with E-state index in [4.69, 9.17) is 5.41 Å². The third-order valence-electron chi connectivity index (χ3n) is 1.56. The number of hydrogen-bond donors (Lipinski definition) is 1. The lowest BCUT2D eigenvalue weighted by Crippen LogP contribution is -1.78. The predicted octanol–water partition coefficient (Wildman–Crippen LogP) is 2.16. The van der Waals surface area contributed by atoms with Crippen LogP contribution >= 0.6 is 0 Å². The molecule has 0 saturated heterocycles. The van der Waals surface area contributed by atoms with E-state index in [1.54, 1.807) is 0 Å². The third-order valence-corrected chi connectivity index (χ3v) is 1.56. The van der Waals surface area contributed by atoms with Crippen molar-refractivity contribution in [3.63, 3.8) is 0 Å². The molecule has 1 fully saturated rings. The van der Waals surface area contributed by atoms with Crippen LogP contribution in [0.15, 0.2) is 24.3 Å². The molecule has 0 heterocycles. The summed E-state index contributed by atoms with van der Waals surface area (Å²) in [5.41, 5.74) is 1.23. The Bertz CT molecular complexity index is 152. The van der Waals surface area contributed by atoms with Crippen LogP contribution in [0.25, 0.3) is 0 Å². The molecule has 1 rings (SSSR count). The Hall–Kier alpha value is -0.850. The average molecular weight is 121 g/mol. The molecule has 1 heteroatoms. The van der Waals surface area contributed by atoms with Crippen molar-refractivity contribution in [2.45, 2.75) is 12.8 Å². The van der Waals surface area contributed by atoms with Crippen LogP contribution in [0.4, 0.5) is 0 Å². The first-order valence-electron chi connectivity index (χ1n) is 3.21. The fourth-order valence-electron chi connectivity index (χ4n) is 0.884. The lowest BCUT2D eigenvalue weighted by Gasteiger charge is -1.91. The van der Waals surface area contributed by atoms with Crippen molar-refractivity contribution in [3.8, 4) is 0 Å². The summed E-state index contributed by atoms with van der Waals surface area (Å²) in [6, 6.07) is 0. The molecule has 0 spiro atoms. The van der Waals surface area contributed by atoms with Crippen LogP contribution < -0.4 is 0 Å². The molecule has 0 aliphatic heterocycles. The summed E-state index contributed by atoms with van der Waals surface area (Å²) in [5.74, 6) is 0.726. The summed E-state index contributed by atoms with van der Waals surface area (Å²) < 4.78 is 0. The van der Waals surface area contributed by atoms with Crippen molar-refractivity contribution in [1.82, 2.24) is 0 Å². The molecule has 9 heavy (non-hydrogen) atoms. The third kappa shape index (κ3) is 1.53. The summed E-state index contributed by atoms with van der Waals surface area (Å²) >= 11 is 0. The van der Waals surface area contributed by atoms with Crippen LogP contribution in [0.5, 0.6) is 0 Å². The van der Waals surface area contributed by atoms with E-state index in [9.17, 15) is 0 Å². The highest BCUT2D eigenvalue weighted by Gasteiger charge is 2.23. The summed E-state index contributed by atoms with van der Waals surface area (Å²) in [5, 5.41) is 6.81. The van der Waals surface area contributed by atoms with Gasteiger partial charge < -0.3 is 5.41 Å². The van der Waals surface area contributed by atoms with Crippen LogP contribution in [0, 0.1) is 11.3 Å². The Kier molecular flexibility index (Phi) is 1.83. The molecule has 0 amide bonds. The second-order valence-electron chi connectivity index (χ2n) is 2.31. The van der Waals surface area contributed by atoms with E-state index in [0.717, 1.165) is 5.92 Å². The maximum absolute atomic E-state index is 6.81. The normalized spacial score (nSPS) is 19.3. The van der Waals surface area contributed by atoms with E-state index in [1.807, 2.05) is 12.2 Å². The van der Waals surface area contributed by atoms with Crippen LogP contribution in [0.1, 0.15) is 12.8 Å². The Balaban J connectivity index is 2.56. The lowest BCUT2D eigenvalue weighted by molar-refractivity contribution is 1.06. The Morgan fingerprint density at radius 1 is 1.56 bits per heavy atom. The molecule has 0 bridgehead atoms. The molecule has 0 atom stereocenters. The number of hydrogen-bond acceptors (Lipinski definition) is 1. The quantitative estimate of drug-likeness (QED) is 0.437. The molecule has 0 unspecified atom stereocenters. The largest absolute Gasteiger partial charge is 0.309 e. The highest BCUT2D eigenvalue weighted by Crippen LogP contribution is 2.36. The second kappa shape index (κ2) is 2.62. The zero-order valence-electron chi connectivity index (χ0n) is 5.43. The smallest absolute Gasteiger partial charge is 0.0180 e. The Morgan fingerprint density at radius 2 is 2.22 bits per heavy atom. The standard InChI is InChI=1S/C8H11N/c1-2-7(5-6-9)8-3-4-8/h2,5-6,8-9H,1,3-4H2. The zero-order valence-corrected chi connectivity index (χ0v) is 5.43. The van der Waals surface area contributed by atoms with Gasteiger partial charge in [-0.05, 0) is 30.4 Å². The van der Waals surface area contributed by atoms with Gasteiger partial charge in [0.25, 0.3) is 0 Å². The Labute approximate surface area is 55.6 Å². The van der Waals surface area contributed by atoms with Gasteiger partial charge >= 0.3 is 0 Å². The first-order valence-corrected chi connectivity index (χ1v) is 3.21. The molecule has 0 radical (unpaired) electrons. The zero-order chi connectivity index (χ0) is 6.69. The van der Waals surface area contributed by atoms with Gasteiger partial charge in [0.1, 0.15) is 0 Å². The average Bonchev–Trinajstić information content (AvgIpc) is 2.64. The van der Waals surface area contributed by atoms with Gasteiger partial charge in [-0.1, -0.05) is 12.7 Å². The minimum atomic E-state index is 0.726. The number of nitrogens with one attached hydrogen (secondary N) is 1. The van der Waals surface area contributed by atoms with E-state index in [0.29, 0.717) is 0 Å². The van der Waals surface area contributed by atoms with E-state index in [-0.39, 0.29) is 0 Å². The molecule has 1 saturated carbocycles. The van der Waals surface area contributed by atoms with Crippen molar-refractivity contribution in [1.29, 1.82) is 5.41 Å². The molecule has 0 aromatic heterocycles. The maximum atomic E-state index is 6.81.